The highest BCUT2D eigenvalue weighted by Gasteiger charge is 2.57. The van der Waals surface area contributed by atoms with Gasteiger partial charge in [-0.05, 0) is 25.8 Å². The van der Waals surface area contributed by atoms with E-state index in [2.05, 4.69) is 29.1 Å². The van der Waals surface area contributed by atoms with Crippen LogP contribution in [0.4, 0.5) is 0 Å². The minimum Gasteiger partial charge on any atom is -0.377 e. The molecule has 0 amide bonds. The number of rotatable bonds is 5. The Balaban J connectivity index is 1.44. The second kappa shape index (κ2) is 5.25. The number of aryl methyl sites for hydroxylation is 1. The van der Waals surface area contributed by atoms with Crippen LogP contribution in [-0.4, -0.2) is 35.3 Å². The van der Waals surface area contributed by atoms with Gasteiger partial charge in [0.25, 0.3) is 0 Å². The van der Waals surface area contributed by atoms with Gasteiger partial charge in [-0.2, -0.15) is 0 Å². The van der Waals surface area contributed by atoms with Gasteiger partial charge in [-0.15, -0.1) is 0 Å². The minimum atomic E-state index is 0.287. The van der Waals surface area contributed by atoms with E-state index in [1.165, 1.54) is 12.8 Å². The molecule has 2 aliphatic rings. The Morgan fingerprint density at radius 1 is 1.53 bits per heavy atom. The van der Waals surface area contributed by atoms with Crippen molar-refractivity contribution in [3.05, 3.63) is 18.2 Å². The zero-order valence-corrected chi connectivity index (χ0v) is 12.0. The van der Waals surface area contributed by atoms with Gasteiger partial charge >= 0.3 is 0 Å². The van der Waals surface area contributed by atoms with Crippen LogP contribution in [0.25, 0.3) is 0 Å². The van der Waals surface area contributed by atoms with Gasteiger partial charge in [0.15, 0.2) is 0 Å². The van der Waals surface area contributed by atoms with Gasteiger partial charge in [-0.3, -0.25) is 0 Å². The molecule has 1 aliphatic carbocycles. The third-order valence-corrected chi connectivity index (χ3v) is 4.84. The molecule has 4 nitrogen and oxygen atoms in total. The summed E-state index contributed by atoms with van der Waals surface area (Å²) in [6.45, 7) is 6.70. The van der Waals surface area contributed by atoms with E-state index in [1.807, 2.05) is 12.4 Å². The Bertz CT molecular complexity index is 402. The van der Waals surface area contributed by atoms with Crippen LogP contribution in [0, 0.1) is 11.3 Å². The molecule has 1 aromatic heterocycles. The quantitative estimate of drug-likeness (QED) is 0.800. The van der Waals surface area contributed by atoms with Gasteiger partial charge < -0.3 is 15.0 Å². The number of aromatic amines is 1. The van der Waals surface area contributed by atoms with Crippen molar-refractivity contribution in [1.29, 1.82) is 0 Å². The monoisotopic (exact) mass is 263 g/mol. The van der Waals surface area contributed by atoms with Crippen LogP contribution in [0.3, 0.4) is 0 Å². The maximum Gasteiger partial charge on any atom is 0.106 e. The summed E-state index contributed by atoms with van der Waals surface area (Å²) in [5.74, 6) is 1.82. The lowest BCUT2D eigenvalue weighted by molar-refractivity contribution is -0.192. The number of aromatic nitrogens is 2. The van der Waals surface area contributed by atoms with Crippen LogP contribution in [-0.2, 0) is 11.2 Å². The molecular formula is C15H25N3O. The Morgan fingerprint density at radius 2 is 2.42 bits per heavy atom. The van der Waals surface area contributed by atoms with Gasteiger partial charge in [0.2, 0.25) is 0 Å². The molecule has 1 aromatic rings. The molecule has 3 atom stereocenters. The molecular weight excluding hydrogens is 238 g/mol. The van der Waals surface area contributed by atoms with E-state index in [9.17, 15) is 0 Å². The first-order valence-electron chi connectivity index (χ1n) is 7.53. The Labute approximate surface area is 115 Å². The summed E-state index contributed by atoms with van der Waals surface area (Å²) in [6.07, 6.45) is 8.90. The van der Waals surface area contributed by atoms with E-state index < -0.39 is 0 Å². The molecule has 1 saturated heterocycles. The van der Waals surface area contributed by atoms with Crippen LogP contribution in [0.2, 0.25) is 0 Å². The molecule has 2 N–H and O–H groups in total. The fourth-order valence-corrected chi connectivity index (χ4v) is 3.88. The smallest absolute Gasteiger partial charge is 0.106 e. The predicted molar refractivity (Wildman–Crippen MR) is 74.9 cm³/mol. The molecule has 3 rings (SSSR count). The van der Waals surface area contributed by atoms with E-state index in [0.29, 0.717) is 12.1 Å². The first-order valence-corrected chi connectivity index (χ1v) is 7.53. The molecule has 0 aromatic carbocycles. The maximum atomic E-state index is 5.93. The largest absolute Gasteiger partial charge is 0.377 e. The number of H-pyrrole nitrogens is 1. The highest BCUT2D eigenvalue weighted by Crippen LogP contribution is 2.51. The number of fused-ring (bicyclic) bond motifs is 1. The molecule has 0 bridgehead atoms. The van der Waals surface area contributed by atoms with E-state index in [0.717, 1.165) is 37.7 Å². The average molecular weight is 263 g/mol. The zero-order valence-electron chi connectivity index (χ0n) is 12.0. The number of hydrogen-bond acceptors (Lipinski definition) is 3. The highest BCUT2D eigenvalue weighted by molar-refractivity contribution is 5.10. The Morgan fingerprint density at radius 3 is 3.21 bits per heavy atom. The van der Waals surface area contributed by atoms with Crippen molar-refractivity contribution in [2.75, 3.05) is 13.2 Å². The highest BCUT2D eigenvalue weighted by atomic mass is 16.5. The lowest BCUT2D eigenvalue weighted by Gasteiger charge is -2.60. The van der Waals surface area contributed by atoms with Crippen molar-refractivity contribution < 1.29 is 4.74 Å². The van der Waals surface area contributed by atoms with Crippen molar-refractivity contribution in [1.82, 2.24) is 15.3 Å². The molecule has 2 fully saturated rings. The number of hydrogen-bond donors (Lipinski definition) is 2. The predicted octanol–water partition coefficient (Wildman–Crippen LogP) is 2.14. The van der Waals surface area contributed by atoms with Gasteiger partial charge in [0.1, 0.15) is 5.82 Å². The molecule has 19 heavy (non-hydrogen) atoms. The second-order valence-electron chi connectivity index (χ2n) is 6.49. The summed E-state index contributed by atoms with van der Waals surface area (Å²) in [5.41, 5.74) is 0.287. The van der Waals surface area contributed by atoms with Crippen molar-refractivity contribution in [3.63, 3.8) is 0 Å². The molecule has 1 saturated carbocycles. The van der Waals surface area contributed by atoms with Crippen molar-refractivity contribution >= 4 is 0 Å². The second-order valence-corrected chi connectivity index (χ2v) is 6.49. The molecule has 0 spiro atoms. The van der Waals surface area contributed by atoms with Crippen molar-refractivity contribution in [3.8, 4) is 0 Å². The lowest BCUT2D eigenvalue weighted by atomic mass is 9.55. The minimum absolute atomic E-state index is 0.287. The van der Waals surface area contributed by atoms with Crippen molar-refractivity contribution in [2.24, 2.45) is 11.3 Å². The standard InChI is InChI=1S/C15H25N3O/c1-15(2)13(11-5-4-10-19-14(11)15)18-7-3-6-12-16-8-9-17-12/h8-9,11,13-14,18H,3-7,10H2,1-2H3,(H,16,17). The normalized spacial score (nSPS) is 32.6. The molecule has 2 heterocycles. The summed E-state index contributed by atoms with van der Waals surface area (Å²) in [7, 11) is 0. The topological polar surface area (TPSA) is 49.9 Å². The first-order chi connectivity index (χ1) is 9.19. The van der Waals surface area contributed by atoms with Gasteiger partial charge in [-0.1, -0.05) is 13.8 Å². The van der Waals surface area contributed by atoms with Gasteiger partial charge in [0.05, 0.1) is 6.10 Å². The molecule has 3 unspecified atom stereocenters. The SMILES string of the molecule is CC1(C)C(NCCCc2ncc[nH]2)C2CCCOC21. The van der Waals surface area contributed by atoms with Crippen LogP contribution in [0.15, 0.2) is 12.4 Å². The summed E-state index contributed by atoms with van der Waals surface area (Å²) in [5, 5.41) is 3.75. The lowest BCUT2D eigenvalue weighted by Crippen LogP contribution is -2.69. The van der Waals surface area contributed by atoms with E-state index in [4.69, 9.17) is 4.74 Å². The molecule has 106 valence electrons. The maximum absolute atomic E-state index is 5.93. The molecule has 0 radical (unpaired) electrons. The van der Waals surface area contributed by atoms with Gasteiger partial charge in [-0.25, -0.2) is 4.98 Å². The average Bonchev–Trinajstić information content (AvgIpc) is 2.91. The fourth-order valence-electron chi connectivity index (χ4n) is 3.88. The first kappa shape index (κ1) is 13.1. The van der Waals surface area contributed by atoms with E-state index in [1.54, 1.807) is 0 Å². The van der Waals surface area contributed by atoms with Gasteiger partial charge in [0, 0.05) is 42.8 Å². The number of ether oxygens (including phenoxy) is 1. The van der Waals surface area contributed by atoms with Crippen LogP contribution < -0.4 is 5.32 Å². The van der Waals surface area contributed by atoms with Crippen LogP contribution in [0.5, 0.6) is 0 Å². The summed E-state index contributed by atoms with van der Waals surface area (Å²) >= 11 is 0. The van der Waals surface area contributed by atoms with E-state index >= 15 is 0 Å². The van der Waals surface area contributed by atoms with Crippen molar-refractivity contribution in [2.45, 2.75) is 51.7 Å². The molecule has 4 heteroatoms. The third kappa shape index (κ3) is 2.43. The Hall–Kier alpha value is -0.870. The van der Waals surface area contributed by atoms with Crippen LogP contribution in [0.1, 0.15) is 38.9 Å². The number of nitrogens with zero attached hydrogens (tertiary/aromatic N) is 1. The number of nitrogens with one attached hydrogen (secondary N) is 2. The zero-order chi connectivity index (χ0) is 13.3. The summed E-state index contributed by atoms with van der Waals surface area (Å²) < 4.78 is 5.93. The summed E-state index contributed by atoms with van der Waals surface area (Å²) in [6, 6.07) is 0.620. The van der Waals surface area contributed by atoms with Crippen LogP contribution >= 0.6 is 0 Å². The summed E-state index contributed by atoms with van der Waals surface area (Å²) in [4.78, 5) is 7.41. The number of imidazole rings is 1. The fraction of sp³-hybridized carbons (Fsp3) is 0.800. The Kier molecular flexibility index (Phi) is 3.63. The third-order valence-electron chi connectivity index (χ3n) is 4.84. The molecule has 1 aliphatic heterocycles. The van der Waals surface area contributed by atoms with E-state index in [-0.39, 0.29) is 5.41 Å².